The number of carboxylic acid groups (broad SMARTS) is 1. The number of hydrogen-bond donors (Lipinski definition) is 2. The molecule has 13 rings (SSSR count). The van der Waals surface area contributed by atoms with Gasteiger partial charge in [0, 0.05) is 85.5 Å². The Kier molecular flexibility index (Phi) is 20.4. The maximum absolute atomic E-state index is 15.7. The van der Waals surface area contributed by atoms with Crippen LogP contribution in [0.15, 0.2) is 71.5 Å². The van der Waals surface area contributed by atoms with Crippen LogP contribution in [0, 0.1) is 58.0 Å². The predicted octanol–water partition coefficient (Wildman–Crippen LogP) is 12.8. The third kappa shape index (κ3) is 14.4. The first kappa shape index (κ1) is 70.1. The van der Waals surface area contributed by atoms with Gasteiger partial charge in [-0.25, -0.2) is 37.1 Å². The number of ether oxygens (including phenoxy) is 4. The molecule has 7 aliphatic rings. The molecule has 2 aromatic carbocycles. The lowest BCUT2D eigenvalue weighted by molar-refractivity contribution is -0.147. The molecule has 5 fully saturated rings. The summed E-state index contributed by atoms with van der Waals surface area (Å²) in [7, 11) is 2.46. The van der Waals surface area contributed by atoms with Crippen molar-refractivity contribution in [3.63, 3.8) is 0 Å². The van der Waals surface area contributed by atoms with Gasteiger partial charge in [-0.05, 0) is 138 Å². The van der Waals surface area contributed by atoms with Crippen LogP contribution in [-0.4, -0.2) is 137 Å². The summed E-state index contributed by atoms with van der Waals surface area (Å²) in [6.45, 7) is 9.28. The van der Waals surface area contributed by atoms with Gasteiger partial charge in [-0.2, -0.15) is 0 Å². The van der Waals surface area contributed by atoms with Crippen molar-refractivity contribution in [2.24, 2.45) is 46.3 Å². The summed E-state index contributed by atoms with van der Waals surface area (Å²) in [5, 5.41) is 15.5. The van der Waals surface area contributed by atoms with Crippen molar-refractivity contribution in [1.29, 1.82) is 0 Å². The summed E-state index contributed by atoms with van der Waals surface area (Å²) in [5.74, 6) is -5.67. The van der Waals surface area contributed by atoms with E-state index in [4.69, 9.17) is 28.9 Å². The lowest BCUT2D eigenvalue weighted by atomic mass is 9.84. The second kappa shape index (κ2) is 28.5. The molecule has 522 valence electrons. The molecule has 5 saturated carbocycles. The second-order valence-electron chi connectivity index (χ2n) is 28.3. The van der Waals surface area contributed by atoms with Gasteiger partial charge >= 0.3 is 5.97 Å². The zero-order chi connectivity index (χ0) is 69.7. The Bertz CT molecular complexity index is 4280. The molecule has 2 N–H and O–H groups in total. The molecule has 98 heavy (non-hydrogen) atoms. The lowest BCUT2D eigenvalue weighted by Gasteiger charge is -2.26. The van der Waals surface area contributed by atoms with Gasteiger partial charge in [0.2, 0.25) is 27.7 Å². The molecule has 5 aliphatic carbocycles. The third-order valence-corrected chi connectivity index (χ3v) is 24.5. The Labute approximate surface area is 577 Å². The van der Waals surface area contributed by atoms with Gasteiger partial charge in [-0.1, -0.05) is 52.0 Å². The molecule has 6 aromatic rings. The van der Waals surface area contributed by atoms with E-state index in [9.17, 15) is 42.3 Å². The van der Waals surface area contributed by atoms with Crippen molar-refractivity contribution in [3.05, 3.63) is 94.5 Å². The minimum Gasteiger partial charge on any atom is -0.494 e. The molecule has 0 unspecified atom stereocenters. The molecule has 20 nitrogen and oxygen atoms in total. The van der Waals surface area contributed by atoms with E-state index in [1.807, 2.05) is 62.8 Å². The fourth-order valence-corrected chi connectivity index (χ4v) is 17.9. The fraction of sp³-hybridized carbons (Fsp3) is 0.534. The normalized spacial score (nSPS) is 27.6. The van der Waals surface area contributed by atoms with E-state index < -0.39 is 85.5 Å². The summed E-state index contributed by atoms with van der Waals surface area (Å²) in [6, 6.07) is 9.87. The van der Waals surface area contributed by atoms with Crippen LogP contribution in [-0.2, 0) is 38.8 Å². The number of allylic oxidation sites excluding steroid dienone is 4. The highest BCUT2D eigenvalue weighted by atomic mass is 32.2. The van der Waals surface area contributed by atoms with E-state index >= 15 is 8.78 Å². The fourth-order valence-electron chi connectivity index (χ4n) is 14.6. The summed E-state index contributed by atoms with van der Waals surface area (Å²) in [6.07, 6.45) is 14.1. The molecular formula is C73H85F2N7O13S3. The number of halogens is 2. The van der Waals surface area contributed by atoms with Gasteiger partial charge in [0.25, 0.3) is 0 Å². The Hall–Kier alpha value is -7.77. The molecule has 4 aromatic heterocycles. The maximum Gasteiger partial charge on any atom is 0.310 e. The zero-order valence-electron chi connectivity index (χ0n) is 56.5. The van der Waals surface area contributed by atoms with Crippen molar-refractivity contribution in [3.8, 4) is 44.4 Å². The number of aromatic nitrogens is 4. The number of Topliss-reactive ketones (excluding diaryl/α,β-unsaturated/α-hetero) is 2. The lowest BCUT2D eigenvalue weighted by Crippen LogP contribution is -2.42. The molecule has 0 spiro atoms. The number of carbonyl (C=O) groups excluding carboxylic acids is 5. The number of nitrogens with zero attached hydrogens (tertiary/aromatic N) is 6. The topological polar surface area (TPSA) is 264 Å². The number of sulfonamides is 1. The van der Waals surface area contributed by atoms with E-state index in [0.29, 0.717) is 82.4 Å². The van der Waals surface area contributed by atoms with E-state index in [1.54, 1.807) is 48.2 Å². The highest BCUT2D eigenvalue weighted by Gasteiger charge is 2.63. The number of amides is 3. The number of benzene rings is 2. The summed E-state index contributed by atoms with van der Waals surface area (Å²) in [4.78, 5) is 104. The van der Waals surface area contributed by atoms with Crippen LogP contribution in [0.5, 0.6) is 23.0 Å². The maximum atomic E-state index is 15.7. The molecule has 10 atom stereocenters. The summed E-state index contributed by atoms with van der Waals surface area (Å²) >= 11 is 2.81. The number of thiazole rings is 2. The van der Waals surface area contributed by atoms with Crippen molar-refractivity contribution in [2.45, 2.75) is 160 Å². The zero-order valence-corrected chi connectivity index (χ0v) is 59.0. The first-order valence-electron chi connectivity index (χ1n) is 34.1. The SMILES string of the molecule is COc1ccc2c(O[C@@H]3C[C@H]4C(=O)C[C@]5(C(=O)NS(=O)(=O)C6CC6)C[C@H]5/C=C\CCCCN(C)C(=O)[C@@H]4C3)cc(-c3nc(C(C)C)cs3)nc2c1F.COc1ccc2c(O[C@@H]3C[C@H]4C(=O)C[C@]5(C(=O)O)C[C@H]5/C=C\CCCCN(C)C(=O)[C@@H]4C3)cc(-c3nc(C(C)C)cs3)nc2c1F. The van der Waals surface area contributed by atoms with Crippen molar-refractivity contribution >= 4 is 89.8 Å². The van der Waals surface area contributed by atoms with Crippen LogP contribution in [0.4, 0.5) is 8.78 Å². The van der Waals surface area contributed by atoms with Gasteiger partial charge < -0.3 is 33.9 Å². The van der Waals surface area contributed by atoms with Crippen molar-refractivity contribution in [2.75, 3.05) is 41.4 Å². The molecule has 0 radical (unpaired) electrons. The summed E-state index contributed by atoms with van der Waals surface area (Å²) in [5.41, 5.74) is 0.494. The summed E-state index contributed by atoms with van der Waals surface area (Å²) < 4.78 is 82.9. The molecule has 0 bridgehead atoms. The molecule has 25 heteroatoms. The standard InChI is InChI=1S/C38H45FN4O7S2.C35H40FN3O6S/c1-21(2)29-20-51-35(41-29)28-17-32(25-12-13-31(49-4)33(39)34(25)40-28)50-23-15-26-27(16-23)36(45)43(3)14-8-6-5-7-9-22-18-38(22,19-30(26)44)37(46)42-52(47,48)24-10-11-24;1-19(2)26-18-46-32(38-26)25-15-29(22-10-11-28(44-4)30(36)31(22)37-25)45-21-13-23-24(14-21)33(41)39(3)12-8-6-5-7-9-20-16-35(20,34(42)43)17-27(23)40/h7,9,12-13,17,20-24,26-27H,5-6,8,10-11,14-16,18-19H2,1-4H3,(H,42,46);7,9-11,15,18-21,23-24H,5-6,8,12-14,16-17H2,1-4H3,(H,42,43)/b2*9-7-/t22-,23-,26-,27-,38-;20-,21-,23-,24-,35-/m11/s1. The number of nitrogens with one attached hydrogen (secondary N) is 1. The van der Waals surface area contributed by atoms with Crippen LogP contribution < -0.4 is 23.7 Å². The average Bonchev–Trinajstić information content (AvgIpc) is 1.57. The smallest absolute Gasteiger partial charge is 0.310 e. The third-order valence-electron chi connectivity index (χ3n) is 20.9. The first-order chi connectivity index (χ1) is 46.8. The Morgan fingerprint density at radius 1 is 0.622 bits per heavy atom. The minimum atomic E-state index is -3.81. The van der Waals surface area contributed by atoms with E-state index in [2.05, 4.69) is 14.7 Å². The number of aliphatic carboxylic acids is 1. The number of carbonyl (C=O) groups is 6. The van der Waals surface area contributed by atoms with Gasteiger partial charge in [-0.15, -0.1) is 22.7 Å². The van der Waals surface area contributed by atoms with Crippen molar-refractivity contribution < 1.29 is 70.0 Å². The minimum absolute atomic E-state index is 0.0328. The van der Waals surface area contributed by atoms with Crippen LogP contribution in [0.2, 0.25) is 0 Å². The second-order valence-corrected chi connectivity index (χ2v) is 32.0. The highest BCUT2D eigenvalue weighted by molar-refractivity contribution is 7.91. The number of pyridine rings is 2. The van der Waals surface area contributed by atoms with Gasteiger partial charge in [0.05, 0.1) is 53.5 Å². The number of carboxylic acids is 1. The highest BCUT2D eigenvalue weighted by Crippen LogP contribution is 2.59. The van der Waals surface area contributed by atoms with Gasteiger partial charge in [-0.3, -0.25) is 33.5 Å². The number of methoxy groups -OCH3 is 2. The average molecular weight is 1400 g/mol. The molecule has 6 heterocycles. The Morgan fingerprint density at radius 2 is 1.05 bits per heavy atom. The monoisotopic (exact) mass is 1400 g/mol. The molecule has 3 amide bonds. The number of hydrogen-bond acceptors (Lipinski definition) is 18. The Morgan fingerprint density at radius 3 is 1.47 bits per heavy atom. The number of fused-ring (bicyclic) bond motifs is 6. The van der Waals surface area contributed by atoms with Crippen molar-refractivity contribution in [1.82, 2.24) is 34.5 Å². The van der Waals surface area contributed by atoms with Crippen LogP contribution in [0.25, 0.3) is 43.2 Å². The predicted molar refractivity (Wildman–Crippen MR) is 367 cm³/mol. The number of rotatable bonds is 14. The van der Waals surface area contributed by atoms with Gasteiger partial charge in [0.15, 0.2) is 23.1 Å². The van der Waals surface area contributed by atoms with E-state index in [0.717, 1.165) is 49.9 Å². The number of ketones is 2. The van der Waals surface area contributed by atoms with Crippen LogP contribution in [0.3, 0.4) is 0 Å². The van der Waals surface area contributed by atoms with Crippen LogP contribution >= 0.6 is 22.7 Å². The van der Waals surface area contributed by atoms with Crippen LogP contribution in [0.1, 0.15) is 154 Å². The largest absolute Gasteiger partial charge is 0.494 e. The first-order valence-corrected chi connectivity index (χ1v) is 37.4. The molecule has 0 saturated heterocycles. The quantitative estimate of drug-likeness (QED) is 0.0960. The van der Waals surface area contributed by atoms with E-state index in [1.165, 1.54) is 49.0 Å². The van der Waals surface area contributed by atoms with E-state index in [-0.39, 0.29) is 108 Å². The Balaban J connectivity index is 0.000000188. The molecule has 2 aliphatic heterocycles. The van der Waals surface area contributed by atoms with Gasteiger partial charge in [0.1, 0.15) is 67.7 Å². The molecular weight excluding hydrogens is 1320 g/mol.